The molecule has 11 heteroatoms. The summed E-state index contributed by atoms with van der Waals surface area (Å²) in [5.74, 6) is -0.944. The van der Waals surface area contributed by atoms with Crippen LogP contribution in [0.15, 0.2) is 70.5 Å². The molecule has 8 nitrogen and oxygen atoms in total. The minimum Gasteiger partial charge on any atom is -0.468 e. The number of amides is 1. The maximum Gasteiger partial charge on any atom is 0.422 e. The monoisotopic (exact) mass is 434 g/mol. The Morgan fingerprint density at radius 2 is 1.81 bits per heavy atom. The summed E-state index contributed by atoms with van der Waals surface area (Å²) in [6, 6.07) is 12.7. The Hall–Kier alpha value is -3.89. The number of nitrogens with zero attached hydrogens (tertiary/aromatic N) is 3. The summed E-state index contributed by atoms with van der Waals surface area (Å²) < 4.78 is 43.0. The quantitative estimate of drug-likeness (QED) is 0.614. The summed E-state index contributed by atoms with van der Waals surface area (Å²) in [7, 11) is 0. The zero-order valence-electron chi connectivity index (χ0n) is 16.0. The van der Waals surface area contributed by atoms with Gasteiger partial charge in [-0.2, -0.15) is 13.2 Å². The number of rotatable bonds is 7. The number of carbonyl (C=O) groups excluding carboxylic acids is 1. The van der Waals surface area contributed by atoms with E-state index in [4.69, 9.17) is 0 Å². The molecule has 162 valence electrons. The molecule has 0 aliphatic heterocycles. The molecule has 2 heterocycles. The number of ether oxygens (including phenoxy) is 1. The summed E-state index contributed by atoms with van der Waals surface area (Å²) in [6.07, 6.45) is -2.04. The number of nitrogens with one attached hydrogen (secondary N) is 1. The lowest BCUT2D eigenvalue weighted by Gasteiger charge is -2.11. The molecule has 0 aliphatic carbocycles. The lowest BCUT2D eigenvalue weighted by atomic mass is 10.2. The number of aromatic nitrogens is 3. The SMILES string of the molecule is O=C(Cn1c(=O)ccn(Cc2ccccc2)c1=O)Nc1ccc(OCC(F)(F)F)nc1. The molecule has 3 aromatic rings. The molecule has 0 aliphatic rings. The molecule has 0 fully saturated rings. The fourth-order valence-corrected chi connectivity index (χ4v) is 2.64. The van der Waals surface area contributed by atoms with E-state index >= 15 is 0 Å². The third-order valence-electron chi connectivity index (χ3n) is 4.04. The normalized spacial score (nSPS) is 11.2. The third kappa shape index (κ3) is 6.29. The molecule has 1 N–H and O–H groups in total. The predicted molar refractivity (Wildman–Crippen MR) is 105 cm³/mol. The van der Waals surface area contributed by atoms with Crippen molar-refractivity contribution in [3.8, 4) is 5.88 Å². The molecule has 0 radical (unpaired) electrons. The number of alkyl halides is 3. The van der Waals surface area contributed by atoms with Crippen LogP contribution in [0, 0.1) is 0 Å². The van der Waals surface area contributed by atoms with Crippen LogP contribution in [-0.2, 0) is 17.9 Å². The van der Waals surface area contributed by atoms with Crippen molar-refractivity contribution in [2.75, 3.05) is 11.9 Å². The second kappa shape index (κ2) is 9.28. The van der Waals surface area contributed by atoms with Gasteiger partial charge in [0.2, 0.25) is 11.8 Å². The molecule has 1 aromatic carbocycles. The van der Waals surface area contributed by atoms with Gasteiger partial charge >= 0.3 is 11.9 Å². The van der Waals surface area contributed by atoms with Crippen molar-refractivity contribution >= 4 is 11.6 Å². The largest absolute Gasteiger partial charge is 0.468 e. The van der Waals surface area contributed by atoms with Crippen molar-refractivity contribution in [1.82, 2.24) is 14.1 Å². The van der Waals surface area contributed by atoms with E-state index in [-0.39, 0.29) is 18.1 Å². The van der Waals surface area contributed by atoms with Crippen LogP contribution >= 0.6 is 0 Å². The van der Waals surface area contributed by atoms with Crippen molar-refractivity contribution in [1.29, 1.82) is 0 Å². The van der Waals surface area contributed by atoms with Crippen LogP contribution in [-0.4, -0.2) is 32.8 Å². The van der Waals surface area contributed by atoms with Crippen molar-refractivity contribution in [2.45, 2.75) is 19.3 Å². The Morgan fingerprint density at radius 1 is 1.06 bits per heavy atom. The van der Waals surface area contributed by atoms with Crippen LogP contribution in [0.2, 0.25) is 0 Å². The zero-order chi connectivity index (χ0) is 22.4. The molecule has 0 atom stereocenters. The number of carbonyl (C=O) groups is 1. The minimum atomic E-state index is -4.50. The van der Waals surface area contributed by atoms with Gasteiger partial charge < -0.3 is 10.1 Å². The Kier molecular flexibility index (Phi) is 6.53. The van der Waals surface area contributed by atoms with Gasteiger partial charge in [0.05, 0.1) is 18.4 Å². The first-order valence-corrected chi connectivity index (χ1v) is 9.01. The second-order valence-electron chi connectivity index (χ2n) is 6.47. The van der Waals surface area contributed by atoms with Crippen molar-refractivity contribution < 1.29 is 22.7 Å². The number of pyridine rings is 1. The van der Waals surface area contributed by atoms with Crippen LogP contribution in [0.5, 0.6) is 5.88 Å². The lowest BCUT2D eigenvalue weighted by molar-refractivity contribution is -0.154. The summed E-state index contributed by atoms with van der Waals surface area (Å²) in [5.41, 5.74) is -0.282. The van der Waals surface area contributed by atoms with Crippen LogP contribution in [0.4, 0.5) is 18.9 Å². The Balaban J connectivity index is 1.67. The number of hydrogen-bond donors (Lipinski definition) is 1. The van der Waals surface area contributed by atoms with Gasteiger partial charge in [0, 0.05) is 18.3 Å². The van der Waals surface area contributed by atoms with E-state index in [2.05, 4.69) is 15.0 Å². The molecule has 0 bridgehead atoms. The van der Waals surface area contributed by atoms with Crippen molar-refractivity contribution in [3.63, 3.8) is 0 Å². The van der Waals surface area contributed by atoms with E-state index in [0.717, 1.165) is 22.4 Å². The van der Waals surface area contributed by atoms with E-state index in [1.807, 2.05) is 30.3 Å². The van der Waals surface area contributed by atoms with Gasteiger partial charge in [-0.05, 0) is 11.6 Å². The Morgan fingerprint density at radius 3 is 2.45 bits per heavy atom. The summed E-state index contributed by atoms with van der Waals surface area (Å²) in [4.78, 5) is 40.6. The molecule has 0 saturated carbocycles. The standard InChI is InChI=1S/C20H17F3N4O4/c21-20(22,23)13-31-17-7-6-15(10-24-17)25-16(28)12-27-18(29)8-9-26(19(27)30)11-14-4-2-1-3-5-14/h1-10H,11-13H2,(H,25,28). The summed E-state index contributed by atoms with van der Waals surface area (Å²) in [5, 5.41) is 2.43. The highest BCUT2D eigenvalue weighted by atomic mass is 19.4. The molecular formula is C20H17F3N4O4. The minimum absolute atomic E-state index is 0.165. The molecule has 2 aromatic heterocycles. The highest BCUT2D eigenvalue weighted by Crippen LogP contribution is 2.18. The van der Waals surface area contributed by atoms with Gasteiger partial charge in [-0.1, -0.05) is 30.3 Å². The summed E-state index contributed by atoms with van der Waals surface area (Å²) in [6.45, 7) is -1.80. The van der Waals surface area contributed by atoms with Gasteiger partial charge in [0.15, 0.2) is 6.61 Å². The lowest BCUT2D eigenvalue weighted by Crippen LogP contribution is -2.41. The molecule has 31 heavy (non-hydrogen) atoms. The van der Waals surface area contributed by atoms with Crippen molar-refractivity contribution in [3.05, 3.63) is 87.3 Å². The number of halogens is 3. The molecule has 3 rings (SSSR count). The average molecular weight is 434 g/mol. The molecule has 0 spiro atoms. The first-order chi connectivity index (χ1) is 14.7. The number of benzene rings is 1. The second-order valence-corrected chi connectivity index (χ2v) is 6.47. The molecular weight excluding hydrogens is 417 g/mol. The average Bonchev–Trinajstić information content (AvgIpc) is 2.73. The van der Waals surface area contributed by atoms with Crippen LogP contribution in [0.3, 0.4) is 0 Å². The summed E-state index contributed by atoms with van der Waals surface area (Å²) >= 11 is 0. The third-order valence-corrected chi connectivity index (χ3v) is 4.04. The van der Waals surface area contributed by atoms with E-state index < -0.39 is 36.5 Å². The van der Waals surface area contributed by atoms with Gasteiger partial charge in [0.1, 0.15) is 6.54 Å². The maximum atomic E-state index is 12.6. The smallest absolute Gasteiger partial charge is 0.422 e. The maximum absolute atomic E-state index is 12.6. The fraction of sp³-hybridized carbons (Fsp3) is 0.200. The molecule has 1 amide bonds. The van der Waals surface area contributed by atoms with Gasteiger partial charge in [-0.25, -0.2) is 9.78 Å². The zero-order valence-corrected chi connectivity index (χ0v) is 16.0. The van der Waals surface area contributed by atoms with Gasteiger partial charge in [-0.15, -0.1) is 0 Å². The van der Waals surface area contributed by atoms with Crippen LogP contribution in [0.25, 0.3) is 0 Å². The van der Waals surface area contributed by atoms with Gasteiger partial charge in [-0.3, -0.25) is 18.7 Å². The van der Waals surface area contributed by atoms with Crippen LogP contribution < -0.4 is 21.3 Å². The van der Waals surface area contributed by atoms with Gasteiger partial charge in [0.25, 0.3) is 5.56 Å². The van der Waals surface area contributed by atoms with Crippen molar-refractivity contribution in [2.24, 2.45) is 0 Å². The Bertz CT molecular complexity index is 1160. The first kappa shape index (κ1) is 21.8. The highest BCUT2D eigenvalue weighted by Gasteiger charge is 2.28. The number of hydrogen-bond acceptors (Lipinski definition) is 5. The van der Waals surface area contributed by atoms with E-state index in [0.29, 0.717) is 0 Å². The first-order valence-electron chi connectivity index (χ1n) is 9.01. The van der Waals surface area contributed by atoms with E-state index in [9.17, 15) is 27.6 Å². The van der Waals surface area contributed by atoms with E-state index in [1.165, 1.54) is 22.9 Å². The topological polar surface area (TPSA) is 95.2 Å². The molecule has 0 saturated heterocycles. The predicted octanol–water partition coefficient (Wildman–Crippen LogP) is 2.03. The van der Waals surface area contributed by atoms with E-state index in [1.54, 1.807) is 0 Å². The Labute approximate surface area is 173 Å². The number of anilines is 1. The van der Waals surface area contributed by atoms with Crippen LogP contribution in [0.1, 0.15) is 5.56 Å². The fourth-order valence-electron chi connectivity index (χ4n) is 2.64. The molecule has 0 unspecified atom stereocenters. The highest BCUT2D eigenvalue weighted by molar-refractivity contribution is 5.90.